The van der Waals surface area contributed by atoms with E-state index in [4.69, 9.17) is 0 Å². The molecule has 0 aromatic heterocycles. The highest BCUT2D eigenvalue weighted by atomic mass is 16.4. The Balaban J connectivity index is 1.64. The van der Waals surface area contributed by atoms with Gasteiger partial charge in [-0.05, 0) is 40.5 Å². The van der Waals surface area contributed by atoms with E-state index in [9.17, 15) is 91.9 Å². The van der Waals surface area contributed by atoms with Crippen molar-refractivity contribution in [3.8, 4) is 148 Å². The van der Waals surface area contributed by atoms with Crippen LogP contribution in [-0.4, -0.2) is 91.9 Å². The summed E-state index contributed by atoms with van der Waals surface area (Å²) < 4.78 is 0. The van der Waals surface area contributed by atoms with Crippen LogP contribution >= 0.6 is 0 Å². The third-order valence-electron chi connectivity index (χ3n) is 9.82. The molecule has 7 aromatic rings. The van der Waals surface area contributed by atoms with Crippen molar-refractivity contribution in [3.63, 3.8) is 0 Å². The fraction of sp³-hybridized carbons (Fsp3) is 0. The SMILES string of the molecule is Oc1c(O)c(O)c(-c2c(O)c(O)c(N(c3cc(-c4ccccc4)cc(-c4ccccc4)c3)c3c(O)c(O)c(-c4c(O)c(O)c(O)c(O)c4O)c(O)c3O)c(O)c2O)c(O)c1O. The molecule has 0 unspecified atom stereocenters. The second-order valence-corrected chi connectivity index (χ2v) is 13.3. The summed E-state index contributed by atoms with van der Waals surface area (Å²) in [5.41, 5.74) is -6.13. The lowest BCUT2D eigenvalue weighted by Crippen LogP contribution is -2.12. The van der Waals surface area contributed by atoms with E-state index in [2.05, 4.69) is 0 Å². The van der Waals surface area contributed by atoms with Gasteiger partial charge in [-0.3, -0.25) is 4.90 Å². The van der Waals surface area contributed by atoms with Crippen molar-refractivity contribution in [2.24, 2.45) is 0 Å². The van der Waals surface area contributed by atoms with Crippen LogP contribution in [0.4, 0.5) is 17.1 Å². The van der Waals surface area contributed by atoms with Gasteiger partial charge in [0.1, 0.15) is 11.4 Å². The standard InChI is InChI=1S/C42H31NO18/c44-25-19(21-29(48)37(56)41(60)38(57)30(21)49)26(45)34(53)23(33(25)52)43(18-12-16(14-7-3-1-4-8-14)11-17(13-18)15-9-5-2-6-10-15)24-35(54)27(46)20(28(47)36(24)55)22-31(50)39(58)42(61)40(59)32(22)51/h1-13,44-61H. The second kappa shape index (κ2) is 14.3. The Morgan fingerprint density at radius 1 is 0.230 bits per heavy atom. The number of benzene rings is 7. The van der Waals surface area contributed by atoms with Crippen molar-refractivity contribution in [1.82, 2.24) is 0 Å². The minimum atomic E-state index is -1.57. The molecule has 19 heteroatoms. The third kappa shape index (κ3) is 5.92. The fourth-order valence-corrected chi connectivity index (χ4v) is 6.82. The monoisotopic (exact) mass is 837 g/mol. The molecule has 0 saturated carbocycles. The van der Waals surface area contributed by atoms with Crippen molar-refractivity contribution in [2.75, 3.05) is 4.90 Å². The van der Waals surface area contributed by atoms with Crippen molar-refractivity contribution in [3.05, 3.63) is 78.9 Å². The lowest BCUT2D eigenvalue weighted by atomic mass is 9.94. The molecule has 0 bridgehead atoms. The number of nitrogens with zero attached hydrogens (tertiary/aromatic N) is 1. The van der Waals surface area contributed by atoms with E-state index in [0.717, 1.165) is 0 Å². The Bertz CT molecular complexity index is 2640. The number of rotatable bonds is 7. The van der Waals surface area contributed by atoms with Gasteiger partial charge in [-0.1, -0.05) is 60.7 Å². The van der Waals surface area contributed by atoms with Crippen LogP contribution in [0.1, 0.15) is 0 Å². The molecule has 61 heavy (non-hydrogen) atoms. The summed E-state index contributed by atoms with van der Waals surface area (Å²) in [4.78, 5) is 0.484. The van der Waals surface area contributed by atoms with E-state index in [1.807, 2.05) is 0 Å². The smallest absolute Gasteiger partial charge is 0.208 e. The molecule has 7 aromatic carbocycles. The second-order valence-electron chi connectivity index (χ2n) is 13.3. The lowest BCUT2D eigenvalue weighted by Gasteiger charge is -2.31. The van der Waals surface area contributed by atoms with Crippen LogP contribution in [-0.2, 0) is 0 Å². The van der Waals surface area contributed by atoms with Gasteiger partial charge in [-0.2, -0.15) is 0 Å². The van der Waals surface area contributed by atoms with Gasteiger partial charge < -0.3 is 91.9 Å². The van der Waals surface area contributed by atoms with E-state index >= 15 is 0 Å². The van der Waals surface area contributed by atoms with Gasteiger partial charge in [-0.25, -0.2) is 0 Å². The predicted molar refractivity (Wildman–Crippen MR) is 213 cm³/mol. The van der Waals surface area contributed by atoms with Gasteiger partial charge >= 0.3 is 0 Å². The van der Waals surface area contributed by atoms with E-state index in [1.54, 1.807) is 66.7 Å². The number of hydrogen-bond acceptors (Lipinski definition) is 19. The van der Waals surface area contributed by atoms with Crippen LogP contribution in [0.5, 0.6) is 103 Å². The third-order valence-corrected chi connectivity index (χ3v) is 9.82. The van der Waals surface area contributed by atoms with E-state index in [0.29, 0.717) is 27.2 Å². The first-order valence-electron chi connectivity index (χ1n) is 17.2. The van der Waals surface area contributed by atoms with Crippen LogP contribution in [0.25, 0.3) is 44.5 Å². The number of phenolic OH excluding ortho intramolecular Hbond substituents is 18. The first-order chi connectivity index (χ1) is 28.8. The van der Waals surface area contributed by atoms with Crippen molar-refractivity contribution >= 4 is 17.1 Å². The zero-order valence-corrected chi connectivity index (χ0v) is 30.5. The average molecular weight is 838 g/mol. The summed E-state index contributed by atoms with van der Waals surface area (Å²) >= 11 is 0. The van der Waals surface area contributed by atoms with Gasteiger partial charge in [0, 0.05) is 5.69 Å². The van der Waals surface area contributed by atoms with Gasteiger partial charge in [0.15, 0.2) is 69.0 Å². The minimum Gasteiger partial charge on any atom is -0.504 e. The summed E-state index contributed by atoms with van der Waals surface area (Å²) in [5.74, 6) is -27.3. The quantitative estimate of drug-likeness (QED) is 0.0599. The van der Waals surface area contributed by atoms with Gasteiger partial charge in [0.05, 0.1) is 22.3 Å². The van der Waals surface area contributed by atoms with Crippen LogP contribution in [0.3, 0.4) is 0 Å². The van der Waals surface area contributed by atoms with E-state index in [-0.39, 0.29) is 5.69 Å². The normalized spacial score (nSPS) is 11.1. The van der Waals surface area contributed by atoms with Crippen molar-refractivity contribution < 1.29 is 91.9 Å². The molecule has 0 spiro atoms. The maximum Gasteiger partial charge on any atom is 0.208 e. The highest BCUT2D eigenvalue weighted by Crippen LogP contribution is 2.68. The van der Waals surface area contributed by atoms with E-state index in [1.165, 1.54) is 12.1 Å². The molecule has 0 heterocycles. The largest absolute Gasteiger partial charge is 0.504 e. The van der Waals surface area contributed by atoms with Gasteiger partial charge in [-0.15, -0.1) is 0 Å². The van der Waals surface area contributed by atoms with Crippen LogP contribution < -0.4 is 4.90 Å². The molecule has 0 fully saturated rings. The maximum atomic E-state index is 11.8. The summed E-state index contributed by atoms with van der Waals surface area (Å²) in [6.45, 7) is 0. The highest BCUT2D eigenvalue weighted by molar-refractivity contribution is 6.03. The first-order valence-corrected chi connectivity index (χ1v) is 17.2. The number of aromatic hydroxyl groups is 18. The zero-order chi connectivity index (χ0) is 44.5. The fourth-order valence-electron chi connectivity index (χ4n) is 6.82. The number of phenols is 18. The van der Waals surface area contributed by atoms with Crippen molar-refractivity contribution in [2.45, 2.75) is 0 Å². The van der Waals surface area contributed by atoms with E-state index < -0.39 is 137 Å². The molecule has 0 aliphatic rings. The molecular weight excluding hydrogens is 806 g/mol. The molecule has 0 radical (unpaired) electrons. The summed E-state index contributed by atoms with van der Waals surface area (Å²) in [6.07, 6.45) is 0. The molecule has 0 aliphatic carbocycles. The van der Waals surface area contributed by atoms with Crippen LogP contribution in [0.2, 0.25) is 0 Å². The molecule has 7 rings (SSSR count). The summed E-state index contributed by atoms with van der Waals surface area (Å²) in [7, 11) is 0. The molecule has 0 amide bonds. The van der Waals surface area contributed by atoms with Gasteiger partial charge in [0.25, 0.3) is 0 Å². The molecular formula is C42H31NO18. The Hall–Kier alpha value is -9.26. The molecule has 312 valence electrons. The highest BCUT2D eigenvalue weighted by Gasteiger charge is 2.39. The maximum absolute atomic E-state index is 11.8. The molecule has 18 N–H and O–H groups in total. The zero-order valence-electron chi connectivity index (χ0n) is 30.5. The molecule has 19 nitrogen and oxygen atoms in total. The summed E-state index contributed by atoms with van der Waals surface area (Å²) in [6, 6.07) is 21.1. The Morgan fingerprint density at radius 3 is 0.721 bits per heavy atom. The molecule has 0 atom stereocenters. The molecule has 0 saturated heterocycles. The number of hydrogen-bond donors (Lipinski definition) is 18. The number of anilines is 3. The average Bonchev–Trinajstić information content (AvgIpc) is 3.27. The van der Waals surface area contributed by atoms with Crippen LogP contribution in [0, 0.1) is 0 Å². The Kier molecular flexibility index (Phi) is 9.36. The predicted octanol–water partition coefficient (Wildman–Crippen LogP) is 6.53. The lowest BCUT2D eigenvalue weighted by molar-refractivity contribution is 0.329. The Morgan fingerprint density at radius 2 is 0.459 bits per heavy atom. The van der Waals surface area contributed by atoms with Gasteiger partial charge in [0.2, 0.25) is 34.5 Å². The van der Waals surface area contributed by atoms with Crippen molar-refractivity contribution in [1.29, 1.82) is 0 Å². The minimum absolute atomic E-state index is 0.338. The topological polar surface area (TPSA) is 367 Å². The molecule has 0 aliphatic heterocycles. The first kappa shape index (κ1) is 40.0. The summed E-state index contributed by atoms with van der Waals surface area (Å²) in [5, 5.41) is 196. The van der Waals surface area contributed by atoms with Crippen LogP contribution in [0.15, 0.2) is 78.9 Å². The Labute approximate surface area is 340 Å².